The minimum atomic E-state index is -3.29. The van der Waals surface area contributed by atoms with E-state index in [0.29, 0.717) is 57.1 Å². The van der Waals surface area contributed by atoms with Crippen molar-refractivity contribution in [1.82, 2.24) is 19.6 Å². The van der Waals surface area contributed by atoms with Gasteiger partial charge in [-0.3, -0.25) is 4.90 Å². The van der Waals surface area contributed by atoms with Crippen molar-refractivity contribution in [2.24, 2.45) is 0 Å². The predicted molar refractivity (Wildman–Crippen MR) is 172 cm³/mol. The highest BCUT2D eigenvalue weighted by Crippen LogP contribution is 2.42. The Bertz CT molecular complexity index is 1780. The first-order chi connectivity index (χ1) is 21.6. The van der Waals surface area contributed by atoms with Crippen LogP contribution in [-0.4, -0.2) is 90.7 Å². The maximum atomic E-state index is 14.5. The van der Waals surface area contributed by atoms with E-state index in [0.717, 1.165) is 72.3 Å². The highest BCUT2D eigenvalue weighted by atomic mass is 35.5. The number of hydrogen-bond acceptors (Lipinski definition) is 9. The molecule has 3 atom stereocenters. The van der Waals surface area contributed by atoms with Gasteiger partial charge in [-0.15, -0.1) is 0 Å². The molecule has 10 nitrogen and oxygen atoms in total. The molecule has 4 saturated heterocycles. The fraction of sp³-hybridized carbons (Fsp3) is 0.562. The molecule has 1 aromatic heterocycles. The van der Waals surface area contributed by atoms with Crippen LogP contribution in [-0.2, 0) is 23.0 Å². The van der Waals surface area contributed by atoms with Crippen molar-refractivity contribution in [1.29, 1.82) is 0 Å². The molecule has 0 radical (unpaired) electrons. The Morgan fingerprint density at radius 3 is 2.82 bits per heavy atom. The van der Waals surface area contributed by atoms with E-state index in [2.05, 4.69) is 19.4 Å². The quantitative estimate of drug-likeness (QED) is 0.418. The number of phenols is 1. The molecule has 3 aromatic rings. The Morgan fingerprint density at radius 1 is 1.11 bits per heavy atom. The lowest BCUT2D eigenvalue weighted by molar-refractivity contribution is 0.107. The van der Waals surface area contributed by atoms with E-state index >= 15 is 0 Å². The SMILES string of the molecule is O=S1(=O)CCC2(CCCN(c3nc(OC[C@@]45CCCN4C[C@H](F)C5)nc4c3CCN(c3cc(O)cc5cccc(Cl)c35)C4)C2)N1. The number of anilines is 2. The number of halogens is 2. The lowest BCUT2D eigenvalue weighted by atomic mass is 9.87. The molecule has 0 amide bonds. The zero-order valence-corrected chi connectivity index (χ0v) is 26.7. The molecule has 2 aromatic carbocycles. The molecule has 13 heteroatoms. The van der Waals surface area contributed by atoms with Crippen LogP contribution < -0.4 is 19.3 Å². The molecule has 1 spiro atoms. The molecule has 5 aliphatic heterocycles. The van der Waals surface area contributed by atoms with Gasteiger partial charge in [0.25, 0.3) is 0 Å². The topological polar surface area (TPSA) is 111 Å². The molecule has 4 fully saturated rings. The van der Waals surface area contributed by atoms with Gasteiger partial charge < -0.3 is 19.6 Å². The van der Waals surface area contributed by atoms with E-state index in [9.17, 15) is 17.9 Å². The summed E-state index contributed by atoms with van der Waals surface area (Å²) in [5, 5.41) is 12.9. The number of rotatable bonds is 5. The van der Waals surface area contributed by atoms with E-state index in [4.69, 9.17) is 26.3 Å². The Balaban J connectivity index is 1.16. The summed E-state index contributed by atoms with van der Waals surface area (Å²) in [6.07, 6.45) is 4.37. The first kappa shape index (κ1) is 29.5. The number of aromatic nitrogens is 2. The second-order valence-corrected chi connectivity index (χ2v) is 15.8. The number of nitrogens with one attached hydrogen (secondary N) is 1. The standard InChI is InChI=1S/C32H38ClFN6O4S/c33-25-5-1-4-21-14-23(41)15-27(28(21)25)38-12-6-24-26(18-38)35-30(44-20-32-8-3-11-40(32)17-22(34)16-32)36-29(24)39-10-2-7-31(19-39)9-13-45(42,43)37-31/h1,4-5,14-15,22,37,41H,2-3,6-13,16-20H2/t22-,31?,32+/m1/s1. The van der Waals surface area contributed by atoms with Gasteiger partial charge in [0.15, 0.2) is 0 Å². The van der Waals surface area contributed by atoms with E-state index in [1.807, 2.05) is 18.2 Å². The normalized spacial score (nSPS) is 29.4. The molecule has 45 heavy (non-hydrogen) atoms. The number of aromatic hydroxyl groups is 1. The van der Waals surface area contributed by atoms with Crippen molar-refractivity contribution in [2.45, 2.75) is 68.7 Å². The molecular formula is C32H38ClFN6O4S. The third-order valence-corrected chi connectivity index (χ3v) is 12.4. The van der Waals surface area contributed by atoms with Gasteiger partial charge in [0, 0.05) is 49.6 Å². The first-order valence-electron chi connectivity index (χ1n) is 16.0. The number of sulfonamides is 1. The van der Waals surface area contributed by atoms with Gasteiger partial charge in [-0.1, -0.05) is 23.7 Å². The average molecular weight is 657 g/mol. The number of benzene rings is 2. The second-order valence-electron chi connectivity index (χ2n) is 13.6. The van der Waals surface area contributed by atoms with Crippen LogP contribution in [0.3, 0.4) is 0 Å². The van der Waals surface area contributed by atoms with Gasteiger partial charge in [0.2, 0.25) is 10.0 Å². The van der Waals surface area contributed by atoms with Crippen molar-refractivity contribution in [3.05, 3.63) is 46.6 Å². The van der Waals surface area contributed by atoms with Crippen LogP contribution in [0.5, 0.6) is 11.8 Å². The number of ether oxygens (including phenoxy) is 1. The Labute approximate surface area is 267 Å². The molecule has 5 aliphatic rings. The molecule has 0 aliphatic carbocycles. The molecule has 0 bridgehead atoms. The number of alkyl halides is 1. The summed E-state index contributed by atoms with van der Waals surface area (Å²) in [6.45, 7) is 4.06. The largest absolute Gasteiger partial charge is 0.508 e. The molecule has 240 valence electrons. The van der Waals surface area contributed by atoms with Crippen LogP contribution in [0.4, 0.5) is 15.9 Å². The van der Waals surface area contributed by atoms with Crippen LogP contribution in [0, 0.1) is 0 Å². The van der Waals surface area contributed by atoms with Crippen LogP contribution in [0.15, 0.2) is 30.3 Å². The van der Waals surface area contributed by atoms with Gasteiger partial charge >= 0.3 is 6.01 Å². The van der Waals surface area contributed by atoms with Crippen molar-refractivity contribution >= 4 is 43.9 Å². The second kappa shape index (κ2) is 10.8. The van der Waals surface area contributed by atoms with Gasteiger partial charge in [0.1, 0.15) is 24.3 Å². The fourth-order valence-electron chi connectivity index (χ4n) is 8.52. The molecule has 1 unspecified atom stereocenters. The van der Waals surface area contributed by atoms with Gasteiger partial charge in [-0.05, 0) is 62.6 Å². The molecular weight excluding hydrogens is 619 g/mol. The van der Waals surface area contributed by atoms with E-state index < -0.39 is 21.7 Å². The van der Waals surface area contributed by atoms with E-state index in [1.165, 1.54) is 0 Å². The van der Waals surface area contributed by atoms with Crippen molar-refractivity contribution < 1.29 is 22.7 Å². The lowest BCUT2D eigenvalue weighted by Crippen LogP contribution is -2.55. The number of hydrogen-bond donors (Lipinski definition) is 2. The minimum Gasteiger partial charge on any atom is -0.508 e. The zero-order chi connectivity index (χ0) is 31.0. The number of fused-ring (bicyclic) bond motifs is 3. The third kappa shape index (κ3) is 5.27. The number of phenolic OH excluding ortho intramolecular Hbond substituents is 1. The third-order valence-electron chi connectivity index (χ3n) is 10.6. The Kier molecular flexibility index (Phi) is 7.09. The lowest BCUT2D eigenvalue weighted by Gasteiger charge is -2.42. The summed E-state index contributed by atoms with van der Waals surface area (Å²) in [5.41, 5.74) is 1.85. The summed E-state index contributed by atoms with van der Waals surface area (Å²) in [4.78, 5) is 16.5. The summed E-state index contributed by atoms with van der Waals surface area (Å²) < 4.78 is 48.7. The van der Waals surface area contributed by atoms with E-state index in [-0.39, 0.29) is 23.1 Å². The number of nitrogens with zero attached hydrogens (tertiary/aromatic N) is 5. The highest BCUT2D eigenvalue weighted by Gasteiger charge is 2.50. The smallest absolute Gasteiger partial charge is 0.318 e. The predicted octanol–water partition coefficient (Wildman–Crippen LogP) is 4.17. The van der Waals surface area contributed by atoms with Gasteiger partial charge in [-0.25, -0.2) is 17.5 Å². The maximum Gasteiger partial charge on any atom is 0.318 e. The monoisotopic (exact) mass is 656 g/mol. The summed E-state index contributed by atoms with van der Waals surface area (Å²) in [5.74, 6) is 1.09. The maximum absolute atomic E-state index is 14.5. The number of piperidine rings is 1. The Morgan fingerprint density at radius 2 is 1.98 bits per heavy atom. The van der Waals surface area contributed by atoms with Crippen LogP contribution in [0.2, 0.25) is 5.02 Å². The zero-order valence-electron chi connectivity index (χ0n) is 25.1. The highest BCUT2D eigenvalue weighted by molar-refractivity contribution is 7.89. The first-order valence-corrected chi connectivity index (χ1v) is 18.0. The Hall–Kier alpha value is -2.93. The summed E-state index contributed by atoms with van der Waals surface area (Å²) in [6, 6.07) is 9.40. The van der Waals surface area contributed by atoms with Gasteiger partial charge in [0.05, 0.1) is 39.8 Å². The van der Waals surface area contributed by atoms with Gasteiger partial charge in [-0.2, -0.15) is 9.97 Å². The van der Waals surface area contributed by atoms with Crippen LogP contribution >= 0.6 is 11.6 Å². The molecule has 6 heterocycles. The summed E-state index contributed by atoms with van der Waals surface area (Å²) >= 11 is 6.68. The summed E-state index contributed by atoms with van der Waals surface area (Å²) in [7, 11) is -3.29. The molecule has 8 rings (SSSR count). The fourth-order valence-corrected chi connectivity index (χ4v) is 10.5. The molecule has 2 N–H and O–H groups in total. The average Bonchev–Trinajstić information content (AvgIpc) is 3.63. The van der Waals surface area contributed by atoms with Crippen LogP contribution in [0.1, 0.15) is 49.8 Å². The van der Waals surface area contributed by atoms with Crippen molar-refractivity contribution in [2.75, 3.05) is 54.9 Å². The van der Waals surface area contributed by atoms with E-state index in [1.54, 1.807) is 12.1 Å². The van der Waals surface area contributed by atoms with Crippen LogP contribution in [0.25, 0.3) is 10.8 Å². The minimum absolute atomic E-state index is 0.140. The van der Waals surface area contributed by atoms with Crippen molar-refractivity contribution in [3.63, 3.8) is 0 Å². The molecule has 0 saturated carbocycles. The van der Waals surface area contributed by atoms with Crippen molar-refractivity contribution in [3.8, 4) is 11.8 Å².